The summed E-state index contributed by atoms with van der Waals surface area (Å²) in [6.45, 7) is 0. The molecule has 0 saturated heterocycles. The summed E-state index contributed by atoms with van der Waals surface area (Å²) in [5.74, 6) is 0. The normalized spacial score (nSPS) is 11.7. The van der Waals surface area contributed by atoms with Gasteiger partial charge in [-0.2, -0.15) is 0 Å². The van der Waals surface area contributed by atoms with E-state index >= 15 is 0 Å². The molecule has 2 aromatic heterocycles. The molecular weight excluding hydrogens is 800 g/mol. The maximum absolute atomic E-state index is 2.58. The van der Waals surface area contributed by atoms with Crippen molar-refractivity contribution in [3.63, 3.8) is 0 Å². The SMILES string of the molecule is Bc1c(B)c(B)c2c(c1B)c1c(B)c(-c3ccc4c(c3)c3c(-c5ccccc5)cccc3n4-c3ccc(-c4ccccc4)cc3)c(B)c(B)c1n2-c1ccc(-c2cccc3ccccc23)cc1. The van der Waals surface area contributed by atoms with Crippen LogP contribution in [0.3, 0.4) is 0 Å². The highest BCUT2D eigenvalue weighted by atomic mass is 15.0. The number of aromatic nitrogens is 2. The van der Waals surface area contributed by atoms with Crippen LogP contribution in [-0.2, 0) is 0 Å². The molecule has 0 spiro atoms. The Balaban J connectivity index is 1.10. The molecule has 308 valence electrons. The number of hydrogen-bond acceptors (Lipinski definition) is 0. The third kappa shape index (κ3) is 6.28. The molecule has 0 aliphatic heterocycles. The number of nitrogens with zero attached hydrogens (tertiary/aromatic N) is 2. The monoisotopic (exact) mass is 846 g/mol. The molecule has 0 atom stereocenters. The fourth-order valence-corrected chi connectivity index (χ4v) is 11.5. The predicted molar refractivity (Wildman–Crippen MR) is 312 cm³/mol. The van der Waals surface area contributed by atoms with Crippen LogP contribution in [0.1, 0.15) is 0 Å². The highest BCUT2D eigenvalue weighted by Gasteiger charge is 2.26. The Morgan fingerprint density at radius 3 is 1.51 bits per heavy atom. The molecule has 9 heteroatoms. The summed E-state index contributed by atoms with van der Waals surface area (Å²) in [7, 11) is 16.3. The van der Waals surface area contributed by atoms with Gasteiger partial charge >= 0.3 is 0 Å². The van der Waals surface area contributed by atoms with Crippen LogP contribution in [0.4, 0.5) is 0 Å². The molecule has 0 amide bonds. The van der Waals surface area contributed by atoms with Crippen molar-refractivity contribution in [1.29, 1.82) is 0 Å². The van der Waals surface area contributed by atoms with E-state index in [2.05, 4.69) is 252 Å². The second-order valence-electron chi connectivity index (χ2n) is 18.7. The number of benzene rings is 10. The fraction of sp³-hybridized carbons (Fsp3) is 0. The molecule has 10 aromatic carbocycles. The van der Waals surface area contributed by atoms with E-state index in [0.717, 1.165) is 5.69 Å². The minimum Gasteiger partial charge on any atom is -0.310 e. The molecule has 0 aliphatic rings. The average molecular weight is 846 g/mol. The van der Waals surface area contributed by atoms with Crippen molar-refractivity contribution in [2.75, 3.05) is 0 Å². The van der Waals surface area contributed by atoms with Crippen molar-refractivity contribution in [3.05, 3.63) is 188 Å². The Morgan fingerprint density at radius 2 is 0.791 bits per heavy atom. The zero-order valence-corrected chi connectivity index (χ0v) is 39.3. The minimum atomic E-state index is 1.15. The lowest BCUT2D eigenvalue weighted by molar-refractivity contribution is 1.18. The molecule has 0 bridgehead atoms. The van der Waals surface area contributed by atoms with Gasteiger partial charge in [0.1, 0.15) is 54.9 Å². The molecule has 0 radical (unpaired) electrons. The van der Waals surface area contributed by atoms with Gasteiger partial charge in [-0.1, -0.05) is 178 Å². The van der Waals surface area contributed by atoms with Crippen molar-refractivity contribution in [3.8, 4) is 55.9 Å². The first-order valence-electron chi connectivity index (χ1n) is 23.6. The molecule has 12 rings (SSSR count). The molecule has 0 aliphatic carbocycles. The van der Waals surface area contributed by atoms with Crippen LogP contribution in [0.25, 0.3) is 110 Å². The predicted octanol–water partition coefficient (Wildman–Crippen LogP) is 3.51. The van der Waals surface area contributed by atoms with E-state index in [1.807, 2.05) is 0 Å². The van der Waals surface area contributed by atoms with Crippen molar-refractivity contribution in [2.45, 2.75) is 0 Å². The van der Waals surface area contributed by atoms with Crippen molar-refractivity contribution < 1.29 is 0 Å². The summed E-state index contributed by atoms with van der Waals surface area (Å²) in [5, 5.41) is 7.77. The summed E-state index contributed by atoms with van der Waals surface area (Å²) in [5.41, 5.74) is 26.6. The molecule has 0 N–H and O–H groups in total. The Kier molecular flexibility index (Phi) is 9.69. The molecule has 67 heavy (non-hydrogen) atoms. The average Bonchev–Trinajstić information content (AvgIpc) is 3.92. The topological polar surface area (TPSA) is 9.86 Å². The van der Waals surface area contributed by atoms with E-state index in [4.69, 9.17) is 0 Å². The van der Waals surface area contributed by atoms with Crippen LogP contribution in [0.15, 0.2) is 188 Å². The van der Waals surface area contributed by atoms with Gasteiger partial charge in [-0.25, -0.2) is 0 Å². The van der Waals surface area contributed by atoms with Crippen LogP contribution in [0.5, 0.6) is 0 Å². The van der Waals surface area contributed by atoms with Gasteiger partial charge in [0.15, 0.2) is 0 Å². The summed E-state index contributed by atoms with van der Waals surface area (Å²) in [6.07, 6.45) is 0. The van der Waals surface area contributed by atoms with Crippen LogP contribution in [0.2, 0.25) is 0 Å². The molecule has 12 aromatic rings. The van der Waals surface area contributed by atoms with Crippen LogP contribution in [0, 0.1) is 0 Å². The lowest BCUT2D eigenvalue weighted by Crippen LogP contribution is -2.48. The summed E-state index contributed by atoms with van der Waals surface area (Å²) in [6, 6.07) is 69.2. The quantitative estimate of drug-likeness (QED) is 0.227. The number of rotatable bonds is 6. The van der Waals surface area contributed by atoms with E-state index in [-0.39, 0.29) is 0 Å². The molecule has 2 nitrogen and oxygen atoms in total. The van der Waals surface area contributed by atoms with Gasteiger partial charge in [-0.3, -0.25) is 0 Å². The highest BCUT2D eigenvalue weighted by molar-refractivity contribution is 6.69. The fourth-order valence-electron chi connectivity index (χ4n) is 11.5. The Bertz CT molecular complexity index is 3960. The first-order valence-corrected chi connectivity index (χ1v) is 23.6. The van der Waals surface area contributed by atoms with Gasteiger partial charge in [0.25, 0.3) is 0 Å². The van der Waals surface area contributed by atoms with E-state index in [9.17, 15) is 0 Å². The highest BCUT2D eigenvalue weighted by Crippen LogP contribution is 2.41. The maximum atomic E-state index is 2.58. The Morgan fingerprint density at radius 1 is 0.284 bits per heavy atom. The van der Waals surface area contributed by atoms with Gasteiger partial charge in [-0.05, 0) is 103 Å². The number of fused-ring (bicyclic) bond motifs is 7. The second kappa shape index (κ2) is 15.8. The van der Waals surface area contributed by atoms with Crippen LogP contribution >= 0.6 is 0 Å². The largest absolute Gasteiger partial charge is 0.310 e. The van der Waals surface area contributed by atoms with Crippen molar-refractivity contribution in [1.82, 2.24) is 9.13 Å². The molecule has 0 saturated carbocycles. The maximum Gasteiger partial charge on any atom is 0.141 e. The van der Waals surface area contributed by atoms with Crippen LogP contribution < -0.4 is 38.2 Å². The third-order valence-corrected chi connectivity index (χ3v) is 15.3. The summed E-state index contributed by atoms with van der Waals surface area (Å²) < 4.78 is 5.04. The number of hydrogen-bond donors (Lipinski definition) is 0. The summed E-state index contributed by atoms with van der Waals surface area (Å²) >= 11 is 0. The smallest absolute Gasteiger partial charge is 0.141 e. The second-order valence-corrected chi connectivity index (χ2v) is 18.7. The van der Waals surface area contributed by atoms with Crippen LogP contribution in [-0.4, -0.2) is 64.1 Å². The molecule has 0 unspecified atom stereocenters. The molecule has 2 heterocycles. The summed E-state index contributed by atoms with van der Waals surface area (Å²) in [4.78, 5) is 0. The zero-order valence-electron chi connectivity index (χ0n) is 39.3. The lowest BCUT2D eigenvalue weighted by Gasteiger charge is -2.19. The van der Waals surface area contributed by atoms with E-state index in [1.165, 1.54) is 143 Å². The van der Waals surface area contributed by atoms with Gasteiger partial charge in [0, 0.05) is 38.6 Å². The zero-order chi connectivity index (χ0) is 45.7. The van der Waals surface area contributed by atoms with Gasteiger partial charge < -0.3 is 9.13 Å². The first kappa shape index (κ1) is 41.0. The van der Waals surface area contributed by atoms with Crippen molar-refractivity contribution in [2.24, 2.45) is 0 Å². The van der Waals surface area contributed by atoms with E-state index in [0.29, 0.717) is 0 Å². The third-order valence-electron chi connectivity index (χ3n) is 15.3. The Labute approximate surface area is 398 Å². The van der Waals surface area contributed by atoms with Crippen molar-refractivity contribution >= 4 is 148 Å². The van der Waals surface area contributed by atoms with E-state index < -0.39 is 0 Å². The van der Waals surface area contributed by atoms with Gasteiger partial charge in [0.2, 0.25) is 0 Å². The van der Waals surface area contributed by atoms with Gasteiger partial charge in [0.05, 0.1) is 11.0 Å². The first-order chi connectivity index (χ1) is 32.7. The lowest BCUT2D eigenvalue weighted by atomic mass is 9.64. The molecule has 0 fully saturated rings. The minimum absolute atomic E-state index is 1.15. The standard InChI is InChI=1S/C58H45B7N2/c59-50-46(37-25-30-44-43(31-37)47-42(35-13-5-2-6-14-35)19-10-20-45(47)66(44)38-26-21-33(22-27-38)32-11-3-1-4-12-32)51(60)55(64)57-48(50)49-52(61)53(62)54(63)56(65)58(49)67(57)39-28-23-36(24-29-39)41-18-9-16-34-15-7-8-17-40(34)41/h1-31H,59-65H2. The van der Waals surface area contributed by atoms with Gasteiger partial charge in [-0.15, -0.1) is 5.46 Å². The van der Waals surface area contributed by atoms with E-state index in [1.54, 1.807) is 0 Å². The molecular formula is C58H45B7N2. The Hall–Kier alpha value is -7.49.